The van der Waals surface area contributed by atoms with E-state index >= 15 is 0 Å². The fraction of sp³-hybridized carbons (Fsp3) is 0.846. The zero-order chi connectivity index (χ0) is 11.7. The zero-order valence-corrected chi connectivity index (χ0v) is 10.1. The van der Waals surface area contributed by atoms with Crippen LogP contribution in [0.5, 0.6) is 0 Å². The average molecular weight is 234 g/mol. The molecule has 1 heterocycles. The van der Waals surface area contributed by atoms with Crippen molar-refractivity contribution in [1.29, 1.82) is 0 Å². The summed E-state index contributed by atoms with van der Waals surface area (Å²) in [5.41, 5.74) is 0. The molecule has 0 spiro atoms. The average Bonchev–Trinajstić information content (AvgIpc) is 2.72. The number of urea groups is 1. The van der Waals surface area contributed by atoms with Crippen molar-refractivity contribution in [1.82, 2.24) is 10.2 Å². The third-order valence-corrected chi connectivity index (χ3v) is 5.46. The monoisotopic (exact) mass is 234 g/mol. The molecule has 4 heteroatoms. The van der Waals surface area contributed by atoms with Gasteiger partial charge in [-0.25, -0.2) is 4.79 Å². The molecular weight excluding hydrogens is 216 g/mol. The summed E-state index contributed by atoms with van der Waals surface area (Å²) in [4.78, 5) is 25.3. The van der Waals surface area contributed by atoms with Crippen molar-refractivity contribution in [2.45, 2.75) is 32.2 Å². The lowest BCUT2D eigenvalue weighted by Crippen LogP contribution is -2.55. The molecule has 92 valence electrons. The van der Waals surface area contributed by atoms with Crippen molar-refractivity contribution >= 4 is 11.9 Å². The Morgan fingerprint density at radius 3 is 2.47 bits per heavy atom. The van der Waals surface area contributed by atoms with Crippen molar-refractivity contribution in [2.75, 3.05) is 6.54 Å². The Bertz CT molecular complexity index is 392. The summed E-state index contributed by atoms with van der Waals surface area (Å²) in [7, 11) is 0. The molecule has 4 fully saturated rings. The third kappa shape index (κ3) is 1.19. The van der Waals surface area contributed by atoms with E-state index in [1.165, 1.54) is 19.3 Å². The van der Waals surface area contributed by atoms with Crippen molar-refractivity contribution in [3.63, 3.8) is 0 Å². The number of carbonyl (C=O) groups excluding carboxylic acids is 2. The molecule has 0 aromatic carbocycles. The van der Waals surface area contributed by atoms with Gasteiger partial charge in [-0.2, -0.15) is 0 Å². The van der Waals surface area contributed by atoms with E-state index in [1.54, 1.807) is 0 Å². The molecule has 17 heavy (non-hydrogen) atoms. The maximum Gasteiger partial charge on any atom is 0.324 e. The number of hydrogen-bond donors (Lipinski definition) is 1. The van der Waals surface area contributed by atoms with Gasteiger partial charge in [-0.3, -0.25) is 10.1 Å². The van der Waals surface area contributed by atoms with Crippen molar-refractivity contribution in [3.05, 3.63) is 0 Å². The van der Waals surface area contributed by atoms with Crippen LogP contribution in [0, 0.1) is 29.6 Å². The van der Waals surface area contributed by atoms with Crippen LogP contribution in [-0.2, 0) is 4.79 Å². The number of nitrogens with zero attached hydrogens (tertiary/aromatic N) is 1. The van der Waals surface area contributed by atoms with Gasteiger partial charge in [-0.15, -0.1) is 0 Å². The maximum absolute atomic E-state index is 11.9. The van der Waals surface area contributed by atoms with Crippen LogP contribution in [0.15, 0.2) is 0 Å². The Balaban J connectivity index is 1.54. The van der Waals surface area contributed by atoms with E-state index in [1.807, 2.05) is 11.8 Å². The minimum Gasteiger partial charge on any atom is -0.320 e. The summed E-state index contributed by atoms with van der Waals surface area (Å²) in [5, 5.41) is 2.49. The lowest BCUT2D eigenvalue weighted by molar-refractivity contribution is -0.125. The molecule has 0 aromatic rings. The van der Waals surface area contributed by atoms with Crippen LogP contribution in [0.1, 0.15) is 26.2 Å². The highest BCUT2D eigenvalue weighted by Crippen LogP contribution is 2.67. The van der Waals surface area contributed by atoms with Crippen LogP contribution in [0.25, 0.3) is 0 Å². The summed E-state index contributed by atoms with van der Waals surface area (Å²) in [6.45, 7) is 2.53. The van der Waals surface area contributed by atoms with E-state index in [4.69, 9.17) is 0 Å². The summed E-state index contributed by atoms with van der Waals surface area (Å²) >= 11 is 0. The van der Waals surface area contributed by atoms with Crippen LogP contribution >= 0.6 is 0 Å². The standard InChI is InChI=1S/C13H18N2O2/c1-6-5-15(13(17)14-12(6)16)11-9-7-2-3-8(4-7)10(9)11/h6-11H,2-5H2,1H3,(H,14,16,17). The molecule has 0 radical (unpaired) electrons. The van der Waals surface area contributed by atoms with E-state index in [9.17, 15) is 9.59 Å². The number of fused-ring (bicyclic) bond motifs is 5. The molecule has 1 N–H and O–H groups in total. The summed E-state index contributed by atoms with van der Waals surface area (Å²) in [6, 6.07) is 0.309. The van der Waals surface area contributed by atoms with E-state index in [0.29, 0.717) is 12.6 Å². The van der Waals surface area contributed by atoms with Crippen LogP contribution < -0.4 is 5.32 Å². The quantitative estimate of drug-likeness (QED) is 0.741. The first-order valence-corrected chi connectivity index (χ1v) is 6.78. The number of rotatable bonds is 1. The topological polar surface area (TPSA) is 49.4 Å². The van der Waals surface area contributed by atoms with E-state index in [0.717, 1.165) is 23.7 Å². The van der Waals surface area contributed by atoms with Crippen LogP contribution in [0.4, 0.5) is 4.79 Å². The summed E-state index contributed by atoms with van der Waals surface area (Å²) < 4.78 is 0. The Labute approximate surface area is 101 Å². The lowest BCUT2D eigenvalue weighted by Gasteiger charge is -2.32. The minimum absolute atomic E-state index is 0.0494. The van der Waals surface area contributed by atoms with E-state index in [-0.39, 0.29) is 17.9 Å². The Morgan fingerprint density at radius 2 is 1.82 bits per heavy atom. The fourth-order valence-corrected chi connectivity index (χ4v) is 4.71. The highest BCUT2D eigenvalue weighted by Gasteiger charge is 2.67. The third-order valence-electron chi connectivity index (χ3n) is 5.46. The molecule has 4 nitrogen and oxygen atoms in total. The molecular formula is C13H18N2O2. The molecule has 4 aliphatic rings. The molecule has 2 bridgehead atoms. The lowest BCUT2D eigenvalue weighted by atomic mass is 10.0. The van der Waals surface area contributed by atoms with Gasteiger partial charge in [0.1, 0.15) is 0 Å². The SMILES string of the molecule is CC1CN(C2C3C4CCC(C4)C32)C(=O)NC1=O. The maximum atomic E-state index is 11.9. The van der Waals surface area contributed by atoms with Crippen LogP contribution in [-0.4, -0.2) is 29.4 Å². The molecule has 4 rings (SSSR count). The Hall–Kier alpha value is -1.06. The van der Waals surface area contributed by atoms with Gasteiger partial charge in [-0.1, -0.05) is 6.92 Å². The van der Waals surface area contributed by atoms with Gasteiger partial charge in [0.2, 0.25) is 5.91 Å². The van der Waals surface area contributed by atoms with Gasteiger partial charge in [0, 0.05) is 12.6 Å². The van der Waals surface area contributed by atoms with Crippen molar-refractivity contribution in [3.8, 4) is 0 Å². The second-order valence-electron chi connectivity index (χ2n) is 6.33. The molecule has 1 aliphatic heterocycles. The largest absolute Gasteiger partial charge is 0.324 e. The van der Waals surface area contributed by atoms with Gasteiger partial charge in [0.15, 0.2) is 0 Å². The van der Waals surface area contributed by atoms with Gasteiger partial charge in [-0.05, 0) is 42.9 Å². The Morgan fingerprint density at radius 1 is 1.18 bits per heavy atom. The predicted octanol–water partition coefficient (Wildman–Crippen LogP) is 1.22. The van der Waals surface area contributed by atoms with Gasteiger partial charge < -0.3 is 4.90 Å². The molecule has 1 saturated heterocycles. The summed E-state index contributed by atoms with van der Waals surface area (Å²) in [6.07, 6.45) is 4.13. The number of nitrogens with one attached hydrogen (secondary N) is 1. The fourth-order valence-electron chi connectivity index (χ4n) is 4.71. The minimum atomic E-state index is -0.146. The van der Waals surface area contributed by atoms with Gasteiger partial charge in [0.05, 0.1) is 5.92 Å². The summed E-state index contributed by atoms with van der Waals surface area (Å²) in [5.74, 6) is 3.11. The highest BCUT2D eigenvalue weighted by atomic mass is 16.2. The number of hydrogen-bond acceptors (Lipinski definition) is 2. The first-order valence-electron chi connectivity index (χ1n) is 6.78. The highest BCUT2D eigenvalue weighted by molar-refractivity contribution is 5.98. The molecule has 5 unspecified atom stereocenters. The second kappa shape index (κ2) is 3.03. The second-order valence-corrected chi connectivity index (χ2v) is 6.33. The first kappa shape index (κ1) is 9.92. The van der Waals surface area contributed by atoms with Gasteiger partial charge in [0.25, 0.3) is 0 Å². The normalized spacial score (nSPS) is 51.5. The number of imide groups is 1. The number of amides is 3. The van der Waals surface area contributed by atoms with Crippen molar-refractivity contribution in [2.24, 2.45) is 29.6 Å². The van der Waals surface area contributed by atoms with E-state index < -0.39 is 0 Å². The molecule has 3 aliphatic carbocycles. The van der Waals surface area contributed by atoms with Crippen LogP contribution in [0.2, 0.25) is 0 Å². The van der Waals surface area contributed by atoms with Crippen LogP contribution in [0.3, 0.4) is 0 Å². The number of carbonyl (C=O) groups is 2. The molecule has 3 saturated carbocycles. The Kier molecular flexibility index (Phi) is 1.77. The molecule has 0 aromatic heterocycles. The smallest absolute Gasteiger partial charge is 0.320 e. The zero-order valence-electron chi connectivity index (χ0n) is 10.1. The van der Waals surface area contributed by atoms with Gasteiger partial charge >= 0.3 is 6.03 Å². The molecule has 5 atom stereocenters. The predicted molar refractivity (Wildman–Crippen MR) is 61.0 cm³/mol. The first-order chi connectivity index (χ1) is 8.16. The van der Waals surface area contributed by atoms with Crippen molar-refractivity contribution < 1.29 is 9.59 Å². The van der Waals surface area contributed by atoms with E-state index in [2.05, 4.69) is 5.32 Å². The molecule has 3 amide bonds.